The fourth-order valence-electron chi connectivity index (χ4n) is 10.8. The van der Waals surface area contributed by atoms with Crippen LogP contribution in [-0.4, -0.2) is 37.1 Å². The standard InChI is InChI=1S/2C35H68O4.Zn/c2*1-2-3-4-5-6-7-8-9-14-17-20-23-26-29-32-35(38)39-33-30-27-24-21-18-15-12-10-11-13-16-19-22-25-28-31-34(36)37;/h2*2-33H2,1H3,(H,36,37);/q;;+2/p-2. The smallest absolute Gasteiger partial charge is 0.550 e. The molecule has 0 amide bonds. The molecule has 0 atom stereocenters. The van der Waals surface area contributed by atoms with E-state index in [1.54, 1.807) is 0 Å². The van der Waals surface area contributed by atoms with Crippen LogP contribution in [0.4, 0.5) is 0 Å². The van der Waals surface area contributed by atoms with E-state index < -0.39 is 11.9 Å². The predicted octanol–water partition coefficient (Wildman–Crippen LogP) is 20.8. The molecule has 79 heavy (non-hydrogen) atoms. The molecule has 0 aliphatic heterocycles. The minimum absolute atomic E-state index is 0. The SMILES string of the molecule is CCCCCCCCCCCCCCCCC(=O)OCCCCCCCCCCCCCCCCCC(=O)[O-].CCCCCCCCCCCCCCCCC(=O)OCCCCCCCCCCCCCCCCCC(=O)[O-].[Zn+2]. The van der Waals surface area contributed by atoms with E-state index in [0.29, 0.717) is 26.1 Å². The first-order valence-electron chi connectivity index (χ1n) is 35.0. The molecular formula is C70H134O8Zn. The van der Waals surface area contributed by atoms with Gasteiger partial charge in [-0.05, 0) is 51.4 Å². The first-order valence-corrected chi connectivity index (χ1v) is 35.0. The van der Waals surface area contributed by atoms with Crippen molar-refractivity contribution in [3.63, 3.8) is 0 Å². The van der Waals surface area contributed by atoms with Gasteiger partial charge in [0.1, 0.15) is 0 Å². The summed E-state index contributed by atoms with van der Waals surface area (Å²) in [5, 5.41) is 20.7. The van der Waals surface area contributed by atoms with Crippen molar-refractivity contribution in [1.82, 2.24) is 0 Å². The number of rotatable bonds is 66. The molecule has 0 aromatic heterocycles. The first-order chi connectivity index (χ1) is 38.3. The Labute approximate surface area is 504 Å². The fraction of sp³-hybridized carbons (Fsp3) is 0.943. The molecule has 0 saturated carbocycles. The predicted molar refractivity (Wildman–Crippen MR) is 330 cm³/mol. The Bertz CT molecular complexity index is 1110. The second kappa shape index (κ2) is 74.5. The number of hydrogen-bond donors (Lipinski definition) is 0. The van der Waals surface area contributed by atoms with E-state index in [1.165, 1.54) is 308 Å². The number of hydrogen-bond acceptors (Lipinski definition) is 8. The van der Waals surface area contributed by atoms with Gasteiger partial charge in [-0.15, -0.1) is 0 Å². The van der Waals surface area contributed by atoms with Crippen molar-refractivity contribution in [3.05, 3.63) is 0 Å². The number of ether oxygens (including phenoxy) is 2. The van der Waals surface area contributed by atoms with Crippen molar-refractivity contribution in [1.29, 1.82) is 0 Å². The summed E-state index contributed by atoms with van der Waals surface area (Å²) in [6.45, 7) is 5.77. The van der Waals surface area contributed by atoms with Gasteiger partial charge in [-0.25, -0.2) is 0 Å². The minimum Gasteiger partial charge on any atom is -0.550 e. The molecule has 0 aliphatic carbocycles. The molecular weight excluding hydrogens is 1030 g/mol. The van der Waals surface area contributed by atoms with Crippen LogP contribution < -0.4 is 10.2 Å². The van der Waals surface area contributed by atoms with Crippen LogP contribution in [0.25, 0.3) is 0 Å². The summed E-state index contributed by atoms with van der Waals surface area (Å²) >= 11 is 0. The Morgan fingerprint density at radius 3 is 0.519 bits per heavy atom. The Hall–Kier alpha value is -1.50. The van der Waals surface area contributed by atoms with Gasteiger partial charge in [0.25, 0.3) is 0 Å². The van der Waals surface area contributed by atoms with E-state index in [2.05, 4.69) is 13.8 Å². The van der Waals surface area contributed by atoms with Crippen molar-refractivity contribution in [2.24, 2.45) is 0 Å². The molecule has 0 rings (SSSR count). The van der Waals surface area contributed by atoms with Crippen LogP contribution in [0.5, 0.6) is 0 Å². The van der Waals surface area contributed by atoms with E-state index >= 15 is 0 Å². The molecule has 0 aromatic rings. The Balaban J connectivity index is -0.00000144. The van der Waals surface area contributed by atoms with Gasteiger partial charge in [-0.1, -0.05) is 348 Å². The molecule has 0 fully saturated rings. The van der Waals surface area contributed by atoms with Crippen molar-refractivity contribution in [3.8, 4) is 0 Å². The van der Waals surface area contributed by atoms with Gasteiger partial charge in [0.2, 0.25) is 0 Å². The number of aliphatic carboxylic acids is 2. The summed E-state index contributed by atoms with van der Waals surface area (Å²) in [7, 11) is 0. The summed E-state index contributed by atoms with van der Waals surface area (Å²) in [6, 6.07) is 0. The molecule has 9 heteroatoms. The quantitative estimate of drug-likeness (QED) is 0.0334. The van der Waals surface area contributed by atoms with Gasteiger partial charge < -0.3 is 29.3 Å². The van der Waals surface area contributed by atoms with Crippen molar-refractivity contribution in [2.75, 3.05) is 13.2 Å². The normalized spacial score (nSPS) is 11.1. The second-order valence-corrected chi connectivity index (χ2v) is 24.0. The van der Waals surface area contributed by atoms with Gasteiger partial charge in [0.15, 0.2) is 0 Å². The molecule has 0 saturated heterocycles. The summed E-state index contributed by atoms with van der Waals surface area (Å²) in [5.41, 5.74) is 0. The van der Waals surface area contributed by atoms with E-state index in [0.717, 1.165) is 64.2 Å². The molecule has 0 bridgehead atoms. The van der Waals surface area contributed by atoms with E-state index in [9.17, 15) is 29.4 Å². The van der Waals surface area contributed by atoms with Gasteiger partial charge in [0, 0.05) is 24.8 Å². The molecule has 0 spiro atoms. The Morgan fingerprint density at radius 1 is 0.215 bits per heavy atom. The van der Waals surface area contributed by atoms with Gasteiger partial charge in [-0.3, -0.25) is 9.59 Å². The summed E-state index contributed by atoms with van der Waals surface area (Å²) < 4.78 is 10.8. The molecule has 0 unspecified atom stereocenters. The van der Waals surface area contributed by atoms with Gasteiger partial charge >= 0.3 is 31.4 Å². The van der Waals surface area contributed by atoms with Gasteiger partial charge in [0.05, 0.1) is 13.2 Å². The minimum atomic E-state index is -0.916. The molecule has 0 radical (unpaired) electrons. The van der Waals surface area contributed by atoms with Crippen LogP contribution in [0.3, 0.4) is 0 Å². The van der Waals surface area contributed by atoms with Crippen molar-refractivity contribution >= 4 is 23.9 Å². The average molecular weight is 1170 g/mol. The summed E-state index contributed by atoms with van der Waals surface area (Å²) in [5.74, 6) is -1.82. The zero-order valence-corrected chi connectivity index (χ0v) is 56.2. The number of carboxylic acid groups (broad SMARTS) is 2. The van der Waals surface area contributed by atoms with E-state index in [4.69, 9.17) is 9.47 Å². The van der Waals surface area contributed by atoms with Crippen molar-refractivity contribution < 1.29 is 58.3 Å². The maximum absolute atomic E-state index is 11.9. The summed E-state index contributed by atoms with van der Waals surface area (Å²) in [6.07, 6.45) is 75.7. The number of carboxylic acids is 2. The Morgan fingerprint density at radius 2 is 0.354 bits per heavy atom. The fourth-order valence-corrected chi connectivity index (χ4v) is 10.8. The van der Waals surface area contributed by atoms with Crippen LogP contribution in [0, 0.1) is 0 Å². The topological polar surface area (TPSA) is 133 Å². The van der Waals surface area contributed by atoms with Crippen LogP contribution in [0.15, 0.2) is 0 Å². The van der Waals surface area contributed by atoms with E-state index in [-0.39, 0.29) is 44.3 Å². The molecule has 0 heterocycles. The third-order valence-corrected chi connectivity index (χ3v) is 16.0. The molecule has 0 aliphatic rings. The van der Waals surface area contributed by atoms with Gasteiger partial charge in [-0.2, -0.15) is 0 Å². The Kier molecular flexibility index (Phi) is 77.1. The number of esters is 2. The largest absolute Gasteiger partial charge is 2.00 e. The van der Waals surface area contributed by atoms with Crippen LogP contribution in [0.1, 0.15) is 412 Å². The second-order valence-electron chi connectivity index (χ2n) is 24.0. The maximum atomic E-state index is 11.9. The first kappa shape index (κ1) is 81.7. The monoisotopic (exact) mass is 1170 g/mol. The zero-order chi connectivity index (χ0) is 57.0. The molecule has 0 N–H and O–H groups in total. The number of unbranched alkanes of at least 4 members (excludes halogenated alkanes) is 54. The third-order valence-electron chi connectivity index (χ3n) is 16.0. The average Bonchev–Trinajstić information content (AvgIpc) is 3.42. The number of carbonyl (C=O) groups is 4. The molecule has 464 valence electrons. The van der Waals surface area contributed by atoms with Crippen LogP contribution in [-0.2, 0) is 48.1 Å². The number of carbonyl (C=O) groups excluding carboxylic acids is 4. The molecule has 0 aromatic carbocycles. The maximum Gasteiger partial charge on any atom is 2.00 e. The third kappa shape index (κ3) is 80.8. The summed E-state index contributed by atoms with van der Waals surface area (Å²) in [4.78, 5) is 44.5. The van der Waals surface area contributed by atoms with Crippen molar-refractivity contribution in [2.45, 2.75) is 412 Å². The van der Waals surface area contributed by atoms with E-state index in [1.807, 2.05) is 0 Å². The van der Waals surface area contributed by atoms with Crippen LogP contribution >= 0.6 is 0 Å². The van der Waals surface area contributed by atoms with Crippen LogP contribution in [0.2, 0.25) is 0 Å². The molecule has 8 nitrogen and oxygen atoms in total. The zero-order valence-electron chi connectivity index (χ0n) is 53.2.